The van der Waals surface area contributed by atoms with Crippen LogP contribution in [0.2, 0.25) is 0 Å². The average Bonchev–Trinajstić information content (AvgIpc) is 2.33. The predicted octanol–water partition coefficient (Wildman–Crippen LogP) is 2.37. The lowest BCUT2D eigenvalue weighted by Crippen LogP contribution is -2.09. The van der Waals surface area contributed by atoms with Crippen molar-refractivity contribution in [2.75, 3.05) is 6.61 Å². The summed E-state index contributed by atoms with van der Waals surface area (Å²) in [5.74, 6) is 5.62. The molecule has 1 N–H and O–H groups in total. The van der Waals surface area contributed by atoms with E-state index >= 15 is 0 Å². The Kier molecular flexibility index (Phi) is 6.32. The Bertz CT molecular complexity index is 335. The molecule has 0 aliphatic rings. The van der Waals surface area contributed by atoms with Crippen LogP contribution in [-0.2, 0) is 11.3 Å². The minimum absolute atomic E-state index is 0.372. The van der Waals surface area contributed by atoms with Crippen LogP contribution >= 0.6 is 0 Å². The number of ether oxygens (including phenoxy) is 1. The maximum absolute atomic E-state index is 9.49. The monoisotopic (exact) mass is 218 g/mol. The third-order valence-electron chi connectivity index (χ3n) is 2.22. The first-order chi connectivity index (χ1) is 7.83. The topological polar surface area (TPSA) is 29.5 Å². The molecule has 0 amide bonds. The molecule has 1 aromatic carbocycles. The van der Waals surface area contributed by atoms with Crippen molar-refractivity contribution in [2.45, 2.75) is 32.5 Å². The van der Waals surface area contributed by atoms with Crippen LogP contribution in [0.4, 0.5) is 0 Å². The van der Waals surface area contributed by atoms with Gasteiger partial charge in [-0.05, 0) is 18.9 Å². The molecule has 1 atom stereocenters. The Morgan fingerprint density at radius 1 is 1.31 bits per heavy atom. The lowest BCUT2D eigenvalue weighted by molar-refractivity contribution is 0.0753. The molecular formula is C14H18O2. The van der Waals surface area contributed by atoms with E-state index in [2.05, 4.69) is 11.8 Å². The van der Waals surface area contributed by atoms with E-state index < -0.39 is 0 Å². The lowest BCUT2D eigenvalue weighted by atomic mass is 10.2. The highest BCUT2D eigenvalue weighted by atomic mass is 16.5. The van der Waals surface area contributed by atoms with Gasteiger partial charge in [-0.25, -0.2) is 0 Å². The maximum Gasteiger partial charge on any atom is 0.0716 e. The molecule has 86 valence electrons. The standard InChI is InChI=1S/C14H18O2/c1-2-3-9-14(15)10-11-16-12-13-7-5-4-6-8-13/h4-8,14-15H,9-12H2,1H3. The molecule has 0 saturated heterocycles. The Labute approximate surface area is 97.3 Å². The number of rotatable bonds is 6. The molecule has 1 aromatic rings. The fraction of sp³-hybridized carbons (Fsp3) is 0.429. The van der Waals surface area contributed by atoms with Gasteiger partial charge in [0.25, 0.3) is 0 Å². The molecule has 0 aliphatic carbocycles. The molecule has 0 spiro atoms. The van der Waals surface area contributed by atoms with Crippen molar-refractivity contribution >= 4 is 0 Å². The summed E-state index contributed by atoms with van der Waals surface area (Å²) in [7, 11) is 0. The van der Waals surface area contributed by atoms with Crippen molar-refractivity contribution in [3.05, 3.63) is 35.9 Å². The molecule has 0 fully saturated rings. The molecule has 0 bridgehead atoms. The second-order valence-electron chi connectivity index (χ2n) is 3.61. The zero-order chi connectivity index (χ0) is 11.6. The van der Waals surface area contributed by atoms with Crippen LogP contribution in [0.25, 0.3) is 0 Å². The molecule has 1 rings (SSSR count). The number of aliphatic hydroxyl groups excluding tert-OH is 1. The number of hydrogen-bond donors (Lipinski definition) is 1. The van der Waals surface area contributed by atoms with E-state index in [4.69, 9.17) is 4.74 Å². The van der Waals surface area contributed by atoms with Crippen molar-refractivity contribution in [2.24, 2.45) is 0 Å². The van der Waals surface area contributed by atoms with E-state index in [0.717, 1.165) is 5.56 Å². The van der Waals surface area contributed by atoms with Gasteiger partial charge in [0.1, 0.15) is 0 Å². The SMILES string of the molecule is CC#CCC(O)CCOCc1ccccc1. The van der Waals surface area contributed by atoms with Crippen molar-refractivity contribution < 1.29 is 9.84 Å². The van der Waals surface area contributed by atoms with Gasteiger partial charge in [0, 0.05) is 13.0 Å². The predicted molar refractivity (Wildman–Crippen MR) is 64.8 cm³/mol. The first-order valence-corrected chi connectivity index (χ1v) is 5.52. The fourth-order valence-corrected chi connectivity index (χ4v) is 1.31. The van der Waals surface area contributed by atoms with Crippen molar-refractivity contribution in [3.8, 4) is 11.8 Å². The van der Waals surface area contributed by atoms with Crippen molar-refractivity contribution in [1.29, 1.82) is 0 Å². The molecule has 0 saturated carbocycles. The van der Waals surface area contributed by atoms with E-state index in [1.54, 1.807) is 6.92 Å². The third-order valence-corrected chi connectivity index (χ3v) is 2.22. The van der Waals surface area contributed by atoms with Gasteiger partial charge >= 0.3 is 0 Å². The summed E-state index contributed by atoms with van der Waals surface area (Å²) in [6, 6.07) is 10.0. The van der Waals surface area contributed by atoms with Crippen molar-refractivity contribution in [1.82, 2.24) is 0 Å². The number of aliphatic hydroxyl groups is 1. The average molecular weight is 218 g/mol. The van der Waals surface area contributed by atoms with Gasteiger partial charge in [0.15, 0.2) is 0 Å². The zero-order valence-corrected chi connectivity index (χ0v) is 9.65. The minimum atomic E-state index is -0.372. The first-order valence-electron chi connectivity index (χ1n) is 5.52. The van der Waals surface area contributed by atoms with E-state index in [-0.39, 0.29) is 6.10 Å². The van der Waals surface area contributed by atoms with Gasteiger partial charge in [-0.15, -0.1) is 11.8 Å². The molecule has 0 heterocycles. The fourth-order valence-electron chi connectivity index (χ4n) is 1.31. The first kappa shape index (κ1) is 12.8. The molecule has 16 heavy (non-hydrogen) atoms. The Balaban J connectivity index is 2.09. The summed E-state index contributed by atoms with van der Waals surface area (Å²) in [6.07, 6.45) is 0.801. The smallest absolute Gasteiger partial charge is 0.0716 e. The summed E-state index contributed by atoms with van der Waals surface area (Å²) in [5, 5.41) is 9.49. The number of benzene rings is 1. The highest BCUT2D eigenvalue weighted by Crippen LogP contribution is 2.02. The molecule has 1 unspecified atom stereocenters. The third kappa shape index (κ3) is 5.55. The van der Waals surface area contributed by atoms with Gasteiger partial charge in [0.2, 0.25) is 0 Å². The molecule has 2 heteroatoms. The van der Waals surface area contributed by atoms with Crippen LogP contribution in [0.3, 0.4) is 0 Å². The largest absolute Gasteiger partial charge is 0.392 e. The number of hydrogen-bond acceptors (Lipinski definition) is 2. The van der Waals surface area contributed by atoms with Crippen LogP contribution in [0.5, 0.6) is 0 Å². The molecular weight excluding hydrogens is 200 g/mol. The van der Waals surface area contributed by atoms with Crippen molar-refractivity contribution in [3.63, 3.8) is 0 Å². The molecule has 0 aliphatic heterocycles. The molecule has 2 nitrogen and oxygen atoms in total. The summed E-state index contributed by atoms with van der Waals surface area (Å²) in [4.78, 5) is 0. The maximum atomic E-state index is 9.49. The highest BCUT2D eigenvalue weighted by molar-refractivity contribution is 5.13. The van der Waals surface area contributed by atoms with Crippen LogP contribution in [0.15, 0.2) is 30.3 Å². The second kappa shape index (κ2) is 7.92. The second-order valence-corrected chi connectivity index (χ2v) is 3.61. The highest BCUT2D eigenvalue weighted by Gasteiger charge is 2.01. The van der Waals surface area contributed by atoms with E-state index in [1.165, 1.54) is 0 Å². The summed E-state index contributed by atoms with van der Waals surface area (Å²) < 4.78 is 5.46. The van der Waals surface area contributed by atoms with E-state index in [0.29, 0.717) is 26.1 Å². The lowest BCUT2D eigenvalue weighted by Gasteiger charge is -2.07. The van der Waals surface area contributed by atoms with Gasteiger partial charge in [-0.1, -0.05) is 30.3 Å². The van der Waals surface area contributed by atoms with Crippen LogP contribution < -0.4 is 0 Å². The van der Waals surface area contributed by atoms with E-state index in [1.807, 2.05) is 30.3 Å². The van der Waals surface area contributed by atoms with E-state index in [9.17, 15) is 5.11 Å². The summed E-state index contributed by atoms with van der Waals surface area (Å²) in [6.45, 7) is 2.95. The quantitative estimate of drug-likeness (QED) is 0.586. The minimum Gasteiger partial charge on any atom is -0.392 e. The van der Waals surface area contributed by atoms with Crippen LogP contribution in [-0.4, -0.2) is 17.8 Å². The Hall–Kier alpha value is -1.30. The molecule has 0 aromatic heterocycles. The van der Waals surface area contributed by atoms with Gasteiger partial charge in [-0.2, -0.15) is 0 Å². The van der Waals surface area contributed by atoms with Gasteiger partial charge in [-0.3, -0.25) is 0 Å². The Morgan fingerprint density at radius 2 is 2.06 bits per heavy atom. The normalized spacial score (nSPS) is 11.6. The zero-order valence-electron chi connectivity index (χ0n) is 9.65. The summed E-state index contributed by atoms with van der Waals surface area (Å²) in [5.41, 5.74) is 1.16. The Morgan fingerprint density at radius 3 is 2.75 bits per heavy atom. The van der Waals surface area contributed by atoms with Crippen LogP contribution in [0, 0.1) is 11.8 Å². The van der Waals surface area contributed by atoms with Crippen LogP contribution in [0.1, 0.15) is 25.3 Å². The summed E-state index contributed by atoms with van der Waals surface area (Å²) >= 11 is 0. The van der Waals surface area contributed by atoms with Gasteiger partial charge < -0.3 is 9.84 Å². The van der Waals surface area contributed by atoms with Gasteiger partial charge in [0.05, 0.1) is 12.7 Å². The molecule has 0 radical (unpaired) electrons.